The zero-order chi connectivity index (χ0) is 22.2. The monoisotopic (exact) mass is 412 g/mol. The van der Waals surface area contributed by atoms with E-state index in [1.807, 2.05) is 0 Å². The van der Waals surface area contributed by atoms with Gasteiger partial charge in [0.2, 0.25) is 11.2 Å². The summed E-state index contributed by atoms with van der Waals surface area (Å²) in [7, 11) is 0. The van der Waals surface area contributed by atoms with Gasteiger partial charge in [-0.1, -0.05) is 19.9 Å². The molecular formula is C23H24O7. The molecule has 0 unspecified atom stereocenters. The molecule has 2 heterocycles. The first-order valence-electron chi connectivity index (χ1n) is 9.61. The first-order valence-corrected chi connectivity index (χ1v) is 9.61. The van der Waals surface area contributed by atoms with Gasteiger partial charge in [-0.25, -0.2) is 0 Å². The highest BCUT2D eigenvalue weighted by Crippen LogP contribution is 2.50. The van der Waals surface area contributed by atoms with E-state index in [0.29, 0.717) is 5.56 Å². The number of aliphatic hydroxyl groups excluding tert-OH is 1. The lowest BCUT2D eigenvalue weighted by atomic mass is 9.79. The van der Waals surface area contributed by atoms with E-state index < -0.39 is 34.0 Å². The predicted molar refractivity (Wildman–Crippen MR) is 113 cm³/mol. The minimum Gasteiger partial charge on any atom is -0.507 e. The summed E-state index contributed by atoms with van der Waals surface area (Å²) in [4.78, 5) is 13.5. The fourth-order valence-corrected chi connectivity index (χ4v) is 3.90. The highest BCUT2D eigenvalue weighted by Gasteiger charge is 2.41. The maximum Gasteiger partial charge on any atom is 0.204 e. The number of fused-ring (bicyclic) bond motifs is 4. The molecule has 4 rings (SSSR count). The minimum absolute atomic E-state index is 0.0294. The van der Waals surface area contributed by atoms with Gasteiger partial charge in [-0.2, -0.15) is 0 Å². The molecule has 1 aliphatic rings. The summed E-state index contributed by atoms with van der Waals surface area (Å²) in [5.41, 5.74) is -1.88. The Bertz CT molecular complexity index is 1280. The number of aliphatic hydroxyl groups is 1. The highest BCUT2D eigenvalue weighted by molar-refractivity contribution is 6.00. The number of rotatable bonds is 2. The first kappa shape index (κ1) is 20.1. The summed E-state index contributed by atoms with van der Waals surface area (Å²) >= 11 is 0. The number of ether oxygens (including phenoxy) is 1. The fraction of sp³-hybridized carbons (Fsp3) is 0.348. The summed E-state index contributed by atoms with van der Waals surface area (Å²) in [6, 6.07) is 2.56. The molecule has 158 valence electrons. The van der Waals surface area contributed by atoms with Gasteiger partial charge in [-0.15, -0.1) is 6.58 Å². The lowest BCUT2D eigenvalue weighted by Gasteiger charge is -2.38. The molecule has 0 saturated heterocycles. The third-order valence-electron chi connectivity index (χ3n) is 5.98. The van der Waals surface area contributed by atoms with Crippen molar-refractivity contribution in [2.24, 2.45) is 0 Å². The van der Waals surface area contributed by atoms with Crippen LogP contribution in [0.2, 0.25) is 0 Å². The molecule has 0 aliphatic carbocycles. The molecule has 0 amide bonds. The van der Waals surface area contributed by atoms with Crippen molar-refractivity contribution in [1.29, 1.82) is 0 Å². The molecule has 0 bridgehead atoms. The van der Waals surface area contributed by atoms with Crippen LogP contribution in [0.1, 0.15) is 38.8 Å². The van der Waals surface area contributed by atoms with Crippen molar-refractivity contribution in [3.05, 3.63) is 46.1 Å². The van der Waals surface area contributed by atoms with Crippen molar-refractivity contribution in [3.63, 3.8) is 0 Å². The number of benzene rings is 2. The average molecular weight is 412 g/mol. The summed E-state index contributed by atoms with van der Waals surface area (Å²) in [5, 5.41) is 42.0. The summed E-state index contributed by atoms with van der Waals surface area (Å²) in [6.07, 6.45) is 0.786. The van der Waals surface area contributed by atoms with Crippen molar-refractivity contribution in [1.82, 2.24) is 0 Å². The second-order valence-corrected chi connectivity index (χ2v) is 8.83. The molecule has 3 aromatic rings. The quantitative estimate of drug-likeness (QED) is 0.288. The van der Waals surface area contributed by atoms with Gasteiger partial charge >= 0.3 is 0 Å². The Hall–Kier alpha value is -3.19. The zero-order valence-electron chi connectivity index (χ0n) is 17.2. The lowest BCUT2D eigenvalue weighted by molar-refractivity contribution is -0.0406. The molecule has 1 aliphatic heterocycles. The van der Waals surface area contributed by atoms with E-state index in [1.165, 1.54) is 12.1 Å². The summed E-state index contributed by atoms with van der Waals surface area (Å²) in [5.74, 6) is -1.02. The predicted octanol–water partition coefficient (Wildman–Crippen LogP) is 3.60. The van der Waals surface area contributed by atoms with Crippen LogP contribution < -0.4 is 10.2 Å². The fourth-order valence-electron chi connectivity index (χ4n) is 3.90. The second-order valence-electron chi connectivity index (χ2n) is 8.83. The van der Waals surface area contributed by atoms with Gasteiger partial charge in [0.15, 0.2) is 11.3 Å². The van der Waals surface area contributed by atoms with Crippen LogP contribution in [0.4, 0.5) is 0 Å². The van der Waals surface area contributed by atoms with E-state index in [4.69, 9.17) is 9.15 Å². The van der Waals surface area contributed by atoms with Crippen LogP contribution in [0.5, 0.6) is 23.0 Å². The maximum atomic E-state index is 13.5. The minimum atomic E-state index is -1.000. The molecule has 30 heavy (non-hydrogen) atoms. The van der Waals surface area contributed by atoms with Crippen LogP contribution in [0, 0.1) is 0 Å². The normalized spacial score (nSPS) is 18.2. The van der Waals surface area contributed by atoms with Crippen LogP contribution in [0.15, 0.2) is 34.0 Å². The van der Waals surface area contributed by atoms with Gasteiger partial charge in [0.25, 0.3) is 0 Å². The van der Waals surface area contributed by atoms with Crippen molar-refractivity contribution in [2.75, 3.05) is 0 Å². The molecule has 0 fully saturated rings. The highest BCUT2D eigenvalue weighted by atomic mass is 16.5. The molecule has 0 spiro atoms. The average Bonchev–Trinajstić information content (AvgIpc) is 2.66. The molecule has 7 nitrogen and oxygen atoms in total. The van der Waals surface area contributed by atoms with Crippen molar-refractivity contribution in [2.45, 2.75) is 51.2 Å². The Kier molecular flexibility index (Phi) is 4.12. The van der Waals surface area contributed by atoms with Gasteiger partial charge < -0.3 is 29.6 Å². The van der Waals surface area contributed by atoms with Crippen LogP contribution >= 0.6 is 0 Å². The number of hydrogen-bond acceptors (Lipinski definition) is 7. The standard InChI is InChI=1S/C23H24O7/c1-6-22(2,3)15-17(27)11-9-13(25)23(4,5)30-19(11)14-16(26)10-7-8-12(24)18(28)20(10)29-21(14)15/h6-8,13,24-25,27-28H,1,9H2,2-5H3/t13-/m1/s1. The Balaban J connectivity index is 2.30. The van der Waals surface area contributed by atoms with Gasteiger partial charge in [0, 0.05) is 23.0 Å². The molecule has 4 N–H and O–H groups in total. The van der Waals surface area contributed by atoms with Crippen LogP contribution in [0.25, 0.3) is 21.9 Å². The molecule has 1 atom stereocenters. The van der Waals surface area contributed by atoms with Crippen LogP contribution in [-0.4, -0.2) is 32.1 Å². The van der Waals surface area contributed by atoms with E-state index in [-0.39, 0.29) is 45.4 Å². The van der Waals surface area contributed by atoms with E-state index in [9.17, 15) is 25.2 Å². The maximum absolute atomic E-state index is 13.5. The molecule has 0 saturated carbocycles. The van der Waals surface area contributed by atoms with Crippen molar-refractivity contribution in [3.8, 4) is 23.0 Å². The largest absolute Gasteiger partial charge is 0.507 e. The summed E-state index contributed by atoms with van der Waals surface area (Å²) in [6.45, 7) is 10.8. The van der Waals surface area contributed by atoms with Crippen LogP contribution in [-0.2, 0) is 11.8 Å². The Labute approximate surface area is 172 Å². The van der Waals surface area contributed by atoms with E-state index >= 15 is 0 Å². The SMILES string of the molecule is C=CC(C)(C)c1c(O)c2c(c3c(=O)c4ccc(O)c(O)c4oc13)OC(C)(C)[C@H](O)C2. The number of allylic oxidation sites excluding steroid dienone is 1. The Morgan fingerprint density at radius 1 is 1.17 bits per heavy atom. The van der Waals surface area contributed by atoms with Gasteiger partial charge in [-0.3, -0.25) is 4.79 Å². The van der Waals surface area contributed by atoms with E-state index in [1.54, 1.807) is 33.8 Å². The Morgan fingerprint density at radius 3 is 2.47 bits per heavy atom. The molecule has 0 radical (unpaired) electrons. The van der Waals surface area contributed by atoms with Crippen molar-refractivity contribution < 1.29 is 29.6 Å². The van der Waals surface area contributed by atoms with Gasteiger partial charge in [-0.05, 0) is 26.0 Å². The third-order valence-corrected chi connectivity index (χ3v) is 5.98. The zero-order valence-corrected chi connectivity index (χ0v) is 17.2. The lowest BCUT2D eigenvalue weighted by Crippen LogP contribution is -2.46. The number of hydrogen-bond donors (Lipinski definition) is 4. The third kappa shape index (κ3) is 2.58. The number of phenols is 3. The molecular weight excluding hydrogens is 388 g/mol. The topological polar surface area (TPSA) is 120 Å². The second kappa shape index (κ2) is 6.15. The van der Waals surface area contributed by atoms with Crippen molar-refractivity contribution >= 4 is 21.9 Å². The first-order chi connectivity index (χ1) is 13.9. The van der Waals surface area contributed by atoms with E-state index in [0.717, 1.165) is 0 Å². The molecule has 7 heteroatoms. The van der Waals surface area contributed by atoms with Gasteiger partial charge in [0.1, 0.15) is 28.1 Å². The van der Waals surface area contributed by atoms with Crippen LogP contribution in [0.3, 0.4) is 0 Å². The number of aromatic hydroxyl groups is 3. The molecule has 1 aromatic heterocycles. The molecule has 2 aromatic carbocycles. The van der Waals surface area contributed by atoms with Gasteiger partial charge in [0.05, 0.1) is 11.5 Å². The number of phenolic OH excluding ortho intramolecular Hbond substituents is 3. The van der Waals surface area contributed by atoms with E-state index in [2.05, 4.69) is 6.58 Å². The smallest absolute Gasteiger partial charge is 0.204 e. The Morgan fingerprint density at radius 2 is 1.83 bits per heavy atom. The summed E-state index contributed by atoms with van der Waals surface area (Å²) < 4.78 is 11.9.